The van der Waals surface area contributed by atoms with Crippen LogP contribution in [0.5, 0.6) is 5.75 Å². The van der Waals surface area contributed by atoms with Crippen molar-refractivity contribution >= 4 is 16.6 Å². The highest BCUT2D eigenvalue weighted by atomic mass is 19.1. The molecule has 1 heterocycles. The maximum absolute atomic E-state index is 14.1. The zero-order valence-electron chi connectivity index (χ0n) is 17.9. The molecule has 0 saturated heterocycles. The van der Waals surface area contributed by atoms with Gasteiger partial charge in [0.15, 0.2) is 11.6 Å². The summed E-state index contributed by atoms with van der Waals surface area (Å²) in [5, 5.41) is 19.7. The van der Waals surface area contributed by atoms with Crippen LogP contribution in [0.1, 0.15) is 48.9 Å². The van der Waals surface area contributed by atoms with E-state index in [0.717, 1.165) is 39.8 Å². The van der Waals surface area contributed by atoms with Crippen molar-refractivity contribution in [3.8, 4) is 11.4 Å². The molecule has 5 rings (SSSR count). The summed E-state index contributed by atoms with van der Waals surface area (Å²) in [6, 6.07) is 17.6. The summed E-state index contributed by atoms with van der Waals surface area (Å²) < 4.78 is 16.0. The molecule has 5 heteroatoms. The van der Waals surface area contributed by atoms with Gasteiger partial charge < -0.3 is 10.4 Å². The van der Waals surface area contributed by atoms with Gasteiger partial charge in [0, 0.05) is 16.6 Å². The minimum absolute atomic E-state index is 0.0129. The Morgan fingerprint density at radius 2 is 1.84 bits per heavy atom. The summed E-state index contributed by atoms with van der Waals surface area (Å²) >= 11 is 0. The molecule has 0 saturated carbocycles. The third kappa shape index (κ3) is 3.25. The second-order valence-electron chi connectivity index (χ2n) is 8.73. The van der Waals surface area contributed by atoms with Gasteiger partial charge in [-0.05, 0) is 61.1 Å². The lowest BCUT2D eigenvalue weighted by atomic mass is 9.74. The van der Waals surface area contributed by atoms with Crippen LogP contribution in [0, 0.1) is 18.7 Å². The number of hydrogen-bond acceptors (Lipinski definition) is 3. The van der Waals surface area contributed by atoms with Crippen LogP contribution in [-0.2, 0) is 0 Å². The number of hydrogen-bond donors (Lipinski definition) is 2. The lowest BCUT2D eigenvalue weighted by molar-refractivity contribution is 0.361. The number of rotatable bonds is 3. The van der Waals surface area contributed by atoms with Crippen molar-refractivity contribution in [3.05, 3.63) is 83.3 Å². The van der Waals surface area contributed by atoms with Gasteiger partial charge in [-0.3, -0.25) is 0 Å². The highest BCUT2D eigenvalue weighted by Crippen LogP contribution is 2.47. The maximum atomic E-state index is 14.1. The average Bonchev–Trinajstić information content (AvgIpc) is 3.19. The van der Waals surface area contributed by atoms with Gasteiger partial charge in [0.1, 0.15) is 0 Å². The van der Waals surface area contributed by atoms with E-state index in [2.05, 4.69) is 67.6 Å². The first-order chi connectivity index (χ1) is 14.9. The minimum atomic E-state index is -0.556. The molecule has 4 nitrogen and oxygen atoms in total. The predicted octanol–water partition coefficient (Wildman–Crippen LogP) is 6.48. The lowest BCUT2D eigenvalue weighted by Gasteiger charge is -2.36. The lowest BCUT2D eigenvalue weighted by Crippen LogP contribution is -2.25. The molecule has 0 bridgehead atoms. The third-order valence-corrected chi connectivity index (χ3v) is 6.72. The molecule has 2 N–H and O–H groups in total. The van der Waals surface area contributed by atoms with Crippen LogP contribution in [0.15, 0.2) is 60.8 Å². The van der Waals surface area contributed by atoms with Crippen molar-refractivity contribution in [3.63, 3.8) is 0 Å². The van der Waals surface area contributed by atoms with Crippen LogP contribution < -0.4 is 5.32 Å². The molecule has 0 amide bonds. The molecule has 158 valence electrons. The number of nitrogens with zero attached hydrogens (tertiary/aromatic N) is 2. The fourth-order valence-corrected chi connectivity index (χ4v) is 4.76. The summed E-state index contributed by atoms with van der Waals surface area (Å²) in [5.41, 5.74) is 5.92. The Morgan fingerprint density at radius 1 is 1.06 bits per heavy atom. The van der Waals surface area contributed by atoms with Crippen molar-refractivity contribution in [1.29, 1.82) is 0 Å². The van der Waals surface area contributed by atoms with Crippen molar-refractivity contribution in [2.75, 3.05) is 5.32 Å². The molecule has 1 aliphatic carbocycles. The monoisotopic (exact) mass is 415 g/mol. The quantitative estimate of drug-likeness (QED) is 0.403. The molecule has 3 unspecified atom stereocenters. The van der Waals surface area contributed by atoms with E-state index in [1.807, 2.05) is 16.9 Å². The number of phenols is 1. The average molecular weight is 416 g/mol. The molecule has 0 radical (unpaired) electrons. The number of nitrogens with one attached hydrogen (secondary N) is 1. The highest BCUT2D eigenvalue weighted by Gasteiger charge is 2.33. The van der Waals surface area contributed by atoms with Gasteiger partial charge in [-0.25, -0.2) is 9.07 Å². The van der Waals surface area contributed by atoms with E-state index in [-0.39, 0.29) is 17.7 Å². The van der Waals surface area contributed by atoms with Crippen LogP contribution >= 0.6 is 0 Å². The van der Waals surface area contributed by atoms with E-state index in [0.29, 0.717) is 5.92 Å². The Balaban J connectivity index is 1.55. The fraction of sp³-hybridized carbons (Fsp3) is 0.269. The molecular formula is C26H26FN3O. The number of halogens is 1. The first-order valence-electron chi connectivity index (χ1n) is 10.8. The largest absolute Gasteiger partial charge is 0.505 e. The molecule has 3 atom stereocenters. The molecule has 31 heavy (non-hydrogen) atoms. The van der Waals surface area contributed by atoms with Gasteiger partial charge in [0.05, 0.1) is 23.4 Å². The Bertz CT molecular complexity index is 1260. The molecule has 0 fully saturated rings. The number of fused-ring (bicyclic) bond motifs is 2. The molecule has 3 aromatic carbocycles. The summed E-state index contributed by atoms with van der Waals surface area (Å²) in [5.74, 6) is -0.357. The van der Waals surface area contributed by atoms with Crippen LogP contribution in [-0.4, -0.2) is 14.9 Å². The number of aryl methyl sites for hydroxylation is 1. The Labute approximate surface area is 181 Å². The van der Waals surface area contributed by atoms with Gasteiger partial charge in [-0.15, -0.1) is 0 Å². The normalized spacial score (nSPS) is 20.6. The van der Waals surface area contributed by atoms with E-state index in [1.165, 1.54) is 11.6 Å². The van der Waals surface area contributed by atoms with Crippen molar-refractivity contribution in [1.82, 2.24) is 9.78 Å². The van der Waals surface area contributed by atoms with E-state index in [4.69, 9.17) is 0 Å². The standard InChI is InChI=1S/C26H26FN3O/c1-15-7-9-18(10-8-15)30-24-6-4-5-22(20(24)14-28-30)29-23-13-16(2)17(3)25-19(23)11-12-21(27)26(25)31/h4-12,14,16-17,23,29,31H,13H2,1-3H3. The Hall–Kier alpha value is -3.34. The molecule has 1 aliphatic rings. The number of aromatic hydroxyl groups is 1. The smallest absolute Gasteiger partial charge is 0.165 e. The van der Waals surface area contributed by atoms with Crippen molar-refractivity contribution < 1.29 is 9.50 Å². The van der Waals surface area contributed by atoms with Crippen molar-refractivity contribution in [2.45, 2.75) is 39.2 Å². The second kappa shape index (κ2) is 7.41. The number of anilines is 1. The van der Waals surface area contributed by atoms with Crippen LogP contribution in [0.4, 0.5) is 10.1 Å². The van der Waals surface area contributed by atoms with Crippen LogP contribution in [0.3, 0.4) is 0 Å². The third-order valence-electron chi connectivity index (χ3n) is 6.72. The molecular weight excluding hydrogens is 389 g/mol. The summed E-state index contributed by atoms with van der Waals surface area (Å²) in [7, 11) is 0. The fourth-order valence-electron chi connectivity index (χ4n) is 4.76. The summed E-state index contributed by atoms with van der Waals surface area (Å²) in [6.45, 7) is 6.29. The zero-order chi connectivity index (χ0) is 21.7. The van der Waals surface area contributed by atoms with Gasteiger partial charge in [0.2, 0.25) is 0 Å². The molecule has 0 aliphatic heterocycles. The Kier molecular flexibility index (Phi) is 4.69. The van der Waals surface area contributed by atoms with Crippen molar-refractivity contribution in [2.24, 2.45) is 5.92 Å². The first kappa shape index (κ1) is 19.6. The van der Waals surface area contributed by atoms with E-state index in [9.17, 15) is 9.50 Å². The summed E-state index contributed by atoms with van der Waals surface area (Å²) in [4.78, 5) is 0. The maximum Gasteiger partial charge on any atom is 0.165 e. The zero-order valence-corrected chi connectivity index (χ0v) is 17.9. The number of aromatic nitrogens is 2. The second-order valence-corrected chi connectivity index (χ2v) is 8.73. The molecule has 1 aromatic heterocycles. The highest BCUT2D eigenvalue weighted by molar-refractivity contribution is 5.92. The number of phenolic OH excluding ortho intramolecular Hbond substituents is 1. The van der Waals surface area contributed by atoms with Gasteiger partial charge in [-0.2, -0.15) is 5.10 Å². The van der Waals surface area contributed by atoms with Gasteiger partial charge in [-0.1, -0.05) is 43.7 Å². The topological polar surface area (TPSA) is 50.1 Å². The van der Waals surface area contributed by atoms with Gasteiger partial charge in [0.25, 0.3) is 0 Å². The predicted molar refractivity (Wildman–Crippen MR) is 122 cm³/mol. The SMILES string of the molecule is Cc1ccc(-n2ncc3c(NC4CC(C)C(C)c5c4ccc(F)c5O)cccc32)cc1. The molecule has 4 aromatic rings. The Morgan fingerprint density at radius 3 is 2.61 bits per heavy atom. The molecule has 0 spiro atoms. The van der Waals surface area contributed by atoms with Gasteiger partial charge >= 0.3 is 0 Å². The van der Waals surface area contributed by atoms with E-state index in [1.54, 1.807) is 6.07 Å². The minimum Gasteiger partial charge on any atom is -0.505 e. The van der Waals surface area contributed by atoms with E-state index >= 15 is 0 Å². The first-order valence-corrected chi connectivity index (χ1v) is 10.8. The van der Waals surface area contributed by atoms with Crippen LogP contribution in [0.2, 0.25) is 0 Å². The number of benzene rings is 3. The van der Waals surface area contributed by atoms with Crippen LogP contribution in [0.25, 0.3) is 16.6 Å². The summed E-state index contributed by atoms with van der Waals surface area (Å²) in [6.07, 6.45) is 2.79. The van der Waals surface area contributed by atoms with E-state index < -0.39 is 5.82 Å².